The van der Waals surface area contributed by atoms with Gasteiger partial charge in [-0.2, -0.15) is 0 Å². The van der Waals surface area contributed by atoms with E-state index in [0.717, 1.165) is 37.0 Å². The van der Waals surface area contributed by atoms with Gasteiger partial charge in [0.2, 0.25) is 0 Å². The monoisotopic (exact) mass is 234 g/mol. The van der Waals surface area contributed by atoms with Crippen LogP contribution in [0.15, 0.2) is 6.07 Å². The molecule has 17 heavy (non-hydrogen) atoms. The summed E-state index contributed by atoms with van der Waals surface area (Å²) in [5.74, 6) is 3.62. The molecule has 94 valence electrons. The van der Waals surface area contributed by atoms with E-state index in [2.05, 4.69) is 41.1 Å². The molecule has 1 aromatic rings. The lowest BCUT2D eigenvalue weighted by Crippen LogP contribution is -2.20. The maximum absolute atomic E-state index is 4.67. The Morgan fingerprint density at radius 2 is 2.12 bits per heavy atom. The molecule has 1 aliphatic carbocycles. The highest BCUT2D eigenvalue weighted by Crippen LogP contribution is 2.39. The summed E-state index contributed by atoms with van der Waals surface area (Å²) in [4.78, 5) is 11.5. The Balaban J connectivity index is 2.23. The molecule has 4 heteroatoms. The fraction of sp³-hybridized carbons (Fsp3) is 0.692. The largest absolute Gasteiger partial charge is 0.370 e. The van der Waals surface area contributed by atoms with Crippen LogP contribution >= 0.6 is 0 Å². The maximum Gasteiger partial charge on any atom is 0.136 e. The first-order valence-corrected chi connectivity index (χ1v) is 6.58. The van der Waals surface area contributed by atoms with Crippen molar-refractivity contribution < 1.29 is 0 Å². The molecule has 1 heterocycles. The molecule has 1 saturated carbocycles. The van der Waals surface area contributed by atoms with Gasteiger partial charge in [-0.25, -0.2) is 9.97 Å². The van der Waals surface area contributed by atoms with E-state index in [0.29, 0.717) is 5.92 Å². The van der Waals surface area contributed by atoms with Crippen LogP contribution in [0.4, 0.5) is 11.6 Å². The minimum atomic E-state index is 0.599. The molecular weight excluding hydrogens is 212 g/mol. The van der Waals surface area contributed by atoms with Crippen molar-refractivity contribution in [1.82, 2.24) is 9.97 Å². The highest BCUT2D eigenvalue weighted by Gasteiger charge is 2.27. The molecule has 1 N–H and O–H groups in total. The van der Waals surface area contributed by atoms with Crippen molar-refractivity contribution in [3.8, 4) is 0 Å². The molecule has 0 unspecified atom stereocenters. The van der Waals surface area contributed by atoms with Crippen molar-refractivity contribution in [2.75, 3.05) is 30.4 Å². The summed E-state index contributed by atoms with van der Waals surface area (Å²) < 4.78 is 0. The number of nitrogens with one attached hydrogen (secondary N) is 1. The van der Waals surface area contributed by atoms with Crippen LogP contribution in [0.1, 0.15) is 44.9 Å². The first-order valence-electron chi connectivity index (χ1n) is 6.58. The number of hydrogen-bond donors (Lipinski definition) is 1. The lowest BCUT2D eigenvalue weighted by atomic mass is 10.3. The molecule has 0 aromatic carbocycles. The Labute approximate surface area is 103 Å². The molecule has 2 rings (SSSR count). The van der Waals surface area contributed by atoms with Crippen LogP contribution in [-0.2, 0) is 0 Å². The fourth-order valence-corrected chi connectivity index (χ4v) is 1.89. The minimum Gasteiger partial charge on any atom is -0.370 e. The number of anilines is 2. The van der Waals surface area contributed by atoms with Crippen LogP contribution in [0, 0.1) is 0 Å². The molecule has 0 amide bonds. The Bertz CT molecular complexity index is 374. The van der Waals surface area contributed by atoms with Crippen LogP contribution in [0.25, 0.3) is 0 Å². The van der Waals surface area contributed by atoms with Gasteiger partial charge in [0.25, 0.3) is 0 Å². The summed E-state index contributed by atoms with van der Waals surface area (Å²) in [6, 6.07) is 2.05. The van der Waals surface area contributed by atoms with Gasteiger partial charge in [0.15, 0.2) is 0 Å². The first kappa shape index (κ1) is 12.1. The van der Waals surface area contributed by atoms with Crippen molar-refractivity contribution in [3.63, 3.8) is 0 Å². The van der Waals surface area contributed by atoms with Gasteiger partial charge in [0.05, 0.1) is 0 Å². The fourth-order valence-electron chi connectivity index (χ4n) is 1.89. The van der Waals surface area contributed by atoms with Crippen molar-refractivity contribution in [1.29, 1.82) is 0 Å². The van der Waals surface area contributed by atoms with Gasteiger partial charge in [-0.3, -0.25) is 0 Å². The predicted octanol–water partition coefficient (Wildman–Crippen LogP) is 2.63. The van der Waals surface area contributed by atoms with E-state index in [9.17, 15) is 0 Å². The number of hydrogen-bond acceptors (Lipinski definition) is 4. The lowest BCUT2D eigenvalue weighted by Gasteiger charge is -2.18. The zero-order valence-electron chi connectivity index (χ0n) is 11.0. The summed E-state index contributed by atoms with van der Waals surface area (Å²) >= 11 is 0. The lowest BCUT2D eigenvalue weighted by molar-refractivity contribution is 0.818. The molecular formula is C13H22N4. The van der Waals surface area contributed by atoms with E-state index in [-0.39, 0.29) is 0 Å². The third kappa shape index (κ3) is 3.08. The van der Waals surface area contributed by atoms with Crippen molar-refractivity contribution in [2.24, 2.45) is 0 Å². The minimum absolute atomic E-state index is 0.599. The van der Waals surface area contributed by atoms with Crippen molar-refractivity contribution in [2.45, 2.75) is 39.0 Å². The van der Waals surface area contributed by atoms with Gasteiger partial charge in [-0.15, -0.1) is 0 Å². The topological polar surface area (TPSA) is 41.0 Å². The molecule has 1 aromatic heterocycles. The van der Waals surface area contributed by atoms with Crippen LogP contribution < -0.4 is 10.2 Å². The molecule has 1 fully saturated rings. The second-order valence-corrected chi connectivity index (χ2v) is 4.70. The van der Waals surface area contributed by atoms with Crippen LogP contribution in [0.2, 0.25) is 0 Å². The Kier molecular flexibility index (Phi) is 3.82. The summed E-state index contributed by atoms with van der Waals surface area (Å²) in [5, 5.41) is 3.29. The van der Waals surface area contributed by atoms with Gasteiger partial charge in [-0.05, 0) is 26.2 Å². The molecule has 0 aliphatic heterocycles. The van der Waals surface area contributed by atoms with Crippen LogP contribution in [0.3, 0.4) is 0 Å². The van der Waals surface area contributed by atoms with Gasteiger partial charge in [0, 0.05) is 32.1 Å². The van der Waals surface area contributed by atoms with Crippen LogP contribution in [-0.4, -0.2) is 30.1 Å². The third-order valence-electron chi connectivity index (χ3n) is 2.98. The molecule has 0 saturated heterocycles. The third-order valence-corrected chi connectivity index (χ3v) is 2.98. The second-order valence-electron chi connectivity index (χ2n) is 4.70. The highest BCUT2D eigenvalue weighted by molar-refractivity contribution is 5.49. The molecule has 0 bridgehead atoms. The van der Waals surface area contributed by atoms with Crippen molar-refractivity contribution >= 4 is 11.6 Å². The predicted molar refractivity (Wildman–Crippen MR) is 71.7 cm³/mol. The first-order chi connectivity index (χ1) is 8.24. The summed E-state index contributed by atoms with van der Waals surface area (Å²) in [6.07, 6.45) is 3.62. The average molecular weight is 234 g/mol. The van der Waals surface area contributed by atoms with E-state index in [1.165, 1.54) is 12.8 Å². The molecule has 0 spiro atoms. The second kappa shape index (κ2) is 5.34. The Morgan fingerprint density at radius 3 is 2.71 bits per heavy atom. The zero-order valence-corrected chi connectivity index (χ0v) is 11.0. The van der Waals surface area contributed by atoms with Crippen LogP contribution in [0.5, 0.6) is 0 Å². The smallest absolute Gasteiger partial charge is 0.136 e. The summed E-state index contributed by atoms with van der Waals surface area (Å²) in [6.45, 7) is 6.21. The number of aromatic nitrogens is 2. The molecule has 4 nitrogen and oxygen atoms in total. The summed E-state index contributed by atoms with van der Waals surface area (Å²) in [5.41, 5.74) is 0. The number of nitrogens with zero attached hydrogens (tertiary/aromatic N) is 3. The number of rotatable bonds is 6. The van der Waals surface area contributed by atoms with Gasteiger partial charge in [-0.1, -0.05) is 6.92 Å². The highest BCUT2D eigenvalue weighted by atomic mass is 15.2. The quantitative estimate of drug-likeness (QED) is 0.821. The van der Waals surface area contributed by atoms with Gasteiger partial charge in [0.1, 0.15) is 17.5 Å². The van der Waals surface area contributed by atoms with Gasteiger partial charge < -0.3 is 10.2 Å². The average Bonchev–Trinajstić information content (AvgIpc) is 3.13. The standard InChI is InChI=1S/C13H22N4/c1-4-8-17(3)12-9-11(14-5-2)15-13(16-12)10-6-7-10/h9-10H,4-8H2,1-3H3,(H,14,15,16). The summed E-state index contributed by atoms with van der Waals surface area (Å²) in [7, 11) is 2.10. The van der Waals surface area contributed by atoms with E-state index in [1.807, 2.05) is 6.07 Å². The van der Waals surface area contributed by atoms with E-state index in [1.54, 1.807) is 0 Å². The maximum atomic E-state index is 4.67. The zero-order chi connectivity index (χ0) is 12.3. The SMILES string of the molecule is CCCN(C)c1cc(NCC)nc(C2CC2)n1. The molecule has 1 aliphatic rings. The Hall–Kier alpha value is -1.32. The van der Waals surface area contributed by atoms with E-state index >= 15 is 0 Å². The van der Waals surface area contributed by atoms with E-state index < -0.39 is 0 Å². The van der Waals surface area contributed by atoms with Crippen molar-refractivity contribution in [3.05, 3.63) is 11.9 Å². The normalized spacial score (nSPS) is 14.8. The molecule has 0 atom stereocenters. The van der Waals surface area contributed by atoms with Gasteiger partial charge >= 0.3 is 0 Å². The van der Waals surface area contributed by atoms with E-state index in [4.69, 9.17) is 0 Å². The molecule has 0 radical (unpaired) electrons. The Morgan fingerprint density at radius 1 is 1.35 bits per heavy atom.